The molecule has 0 saturated heterocycles. The van der Waals surface area contributed by atoms with Crippen molar-refractivity contribution in [1.29, 1.82) is 0 Å². The Morgan fingerprint density at radius 3 is 2.50 bits per heavy atom. The molecule has 0 fully saturated rings. The van der Waals surface area contributed by atoms with E-state index in [0.717, 1.165) is 0 Å². The van der Waals surface area contributed by atoms with Crippen LogP contribution in [0.15, 0.2) is 36.9 Å². The summed E-state index contributed by atoms with van der Waals surface area (Å²) in [5.74, 6) is 0. The van der Waals surface area contributed by atoms with E-state index in [4.69, 9.17) is 23.2 Å². The average Bonchev–Trinajstić information content (AvgIpc) is 2.33. The van der Waals surface area contributed by atoms with E-state index in [0.29, 0.717) is 21.2 Å². The molecule has 1 aromatic heterocycles. The maximum atomic E-state index is 10.1. The molecule has 2 aromatic rings. The van der Waals surface area contributed by atoms with Gasteiger partial charge in [0, 0.05) is 23.5 Å². The molecule has 0 aliphatic carbocycles. The summed E-state index contributed by atoms with van der Waals surface area (Å²) in [6.45, 7) is 0. The van der Waals surface area contributed by atoms with E-state index in [1.54, 1.807) is 18.2 Å². The van der Waals surface area contributed by atoms with E-state index >= 15 is 0 Å². The van der Waals surface area contributed by atoms with Gasteiger partial charge in [0.15, 0.2) is 0 Å². The molecule has 0 bridgehead atoms. The Hall–Kier alpha value is -1.16. The molecular weight excluding hydrogens is 247 g/mol. The van der Waals surface area contributed by atoms with Gasteiger partial charge in [0.2, 0.25) is 0 Å². The average molecular weight is 255 g/mol. The minimum Gasteiger partial charge on any atom is -0.383 e. The number of aromatic nitrogens is 2. The Morgan fingerprint density at radius 1 is 1.12 bits per heavy atom. The van der Waals surface area contributed by atoms with Gasteiger partial charge in [0.25, 0.3) is 0 Å². The van der Waals surface area contributed by atoms with E-state index < -0.39 is 6.10 Å². The van der Waals surface area contributed by atoms with Crippen LogP contribution in [0.3, 0.4) is 0 Å². The number of nitrogens with zero attached hydrogens (tertiary/aromatic N) is 2. The third kappa shape index (κ3) is 2.16. The van der Waals surface area contributed by atoms with Crippen LogP contribution in [0.1, 0.15) is 17.2 Å². The molecule has 1 unspecified atom stereocenters. The lowest BCUT2D eigenvalue weighted by molar-refractivity contribution is 0.219. The maximum absolute atomic E-state index is 10.1. The zero-order chi connectivity index (χ0) is 11.5. The number of hydrogen-bond acceptors (Lipinski definition) is 3. The van der Waals surface area contributed by atoms with Gasteiger partial charge in [-0.25, -0.2) is 9.97 Å². The molecule has 0 amide bonds. The molecule has 5 heteroatoms. The highest BCUT2D eigenvalue weighted by molar-refractivity contribution is 6.42. The lowest BCUT2D eigenvalue weighted by Gasteiger charge is -2.12. The van der Waals surface area contributed by atoms with Gasteiger partial charge in [0.1, 0.15) is 12.4 Å². The van der Waals surface area contributed by atoms with E-state index in [-0.39, 0.29) is 0 Å². The Bertz CT molecular complexity index is 491. The van der Waals surface area contributed by atoms with E-state index in [1.807, 2.05) is 0 Å². The molecule has 1 heterocycles. The van der Waals surface area contributed by atoms with Crippen LogP contribution in [0.4, 0.5) is 0 Å². The fourth-order valence-corrected chi connectivity index (χ4v) is 1.77. The number of aliphatic hydroxyl groups excluding tert-OH is 1. The minimum atomic E-state index is -0.868. The molecule has 1 atom stereocenters. The standard InChI is InChI=1S/C11H8Cl2N2O/c12-9-3-1-2-8(10(9)13)11(16)7-4-14-6-15-5-7/h1-6,11,16H. The van der Waals surface area contributed by atoms with Gasteiger partial charge in [0.05, 0.1) is 10.0 Å². The summed E-state index contributed by atoms with van der Waals surface area (Å²) in [5.41, 5.74) is 1.12. The summed E-state index contributed by atoms with van der Waals surface area (Å²) < 4.78 is 0. The molecule has 2 rings (SSSR count). The largest absolute Gasteiger partial charge is 0.383 e. The first-order valence-corrected chi connectivity index (χ1v) is 5.32. The normalized spacial score (nSPS) is 12.4. The molecule has 0 saturated carbocycles. The highest BCUT2D eigenvalue weighted by Gasteiger charge is 2.15. The molecule has 0 spiro atoms. The van der Waals surface area contributed by atoms with E-state index in [1.165, 1.54) is 18.7 Å². The predicted octanol–water partition coefficient (Wildman–Crippen LogP) is 2.87. The predicted molar refractivity (Wildman–Crippen MR) is 62.6 cm³/mol. The second-order valence-corrected chi connectivity index (χ2v) is 4.00. The zero-order valence-corrected chi connectivity index (χ0v) is 9.65. The highest BCUT2D eigenvalue weighted by Crippen LogP contribution is 2.32. The van der Waals surface area contributed by atoms with E-state index in [2.05, 4.69) is 9.97 Å². The van der Waals surface area contributed by atoms with Crippen LogP contribution in [0.5, 0.6) is 0 Å². The van der Waals surface area contributed by atoms with Crippen molar-refractivity contribution in [3.63, 3.8) is 0 Å². The Morgan fingerprint density at radius 2 is 1.81 bits per heavy atom. The number of aliphatic hydroxyl groups is 1. The van der Waals surface area contributed by atoms with Crippen LogP contribution in [0, 0.1) is 0 Å². The van der Waals surface area contributed by atoms with Crippen molar-refractivity contribution < 1.29 is 5.11 Å². The fourth-order valence-electron chi connectivity index (χ4n) is 1.36. The van der Waals surface area contributed by atoms with Gasteiger partial charge in [-0.3, -0.25) is 0 Å². The molecule has 82 valence electrons. The van der Waals surface area contributed by atoms with Crippen molar-refractivity contribution in [2.24, 2.45) is 0 Å². The first-order valence-electron chi connectivity index (χ1n) is 4.57. The third-order valence-electron chi connectivity index (χ3n) is 2.17. The smallest absolute Gasteiger partial charge is 0.115 e. The topological polar surface area (TPSA) is 46.0 Å². The lowest BCUT2D eigenvalue weighted by atomic mass is 10.0. The van der Waals surface area contributed by atoms with Crippen LogP contribution < -0.4 is 0 Å². The van der Waals surface area contributed by atoms with Gasteiger partial charge in [-0.2, -0.15) is 0 Å². The maximum Gasteiger partial charge on any atom is 0.115 e. The summed E-state index contributed by atoms with van der Waals surface area (Å²) in [6.07, 6.45) is 3.60. The third-order valence-corrected chi connectivity index (χ3v) is 3.01. The van der Waals surface area contributed by atoms with Crippen LogP contribution in [0.25, 0.3) is 0 Å². The van der Waals surface area contributed by atoms with Crippen LogP contribution in [0.2, 0.25) is 10.0 Å². The summed E-state index contributed by atoms with van der Waals surface area (Å²) in [5, 5.41) is 10.8. The van der Waals surface area contributed by atoms with Gasteiger partial charge >= 0.3 is 0 Å². The van der Waals surface area contributed by atoms with E-state index in [9.17, 15) is 5.11 Å². The van der Waals surface area contributed by atoms with Gasteiger partial charge in [-0.05, 0) is 6.07 Å². The summed E-state index contributed by atoms with van der Waals surface area (Å²) in [7, 11) is 0. The molecule has 1 aromatic carbocycles. The highest BCUT2D eigenvalue weighted by atomic mass is 35.5. The summed E-state index contributed by atoms with van der Waals surface area (Å²) in [6, 6.07) is 5.12. The minimum absolute atomic E-state index is 0.348. The van der Waals surface area contributed by atoms with Gasteiger partial charge in [-0.1, -0.05) is 35.3 Å². The summed E-state index contributed by atoms with van der Waals surface area (Å²) >= 11 is 11.9. The molecule has 0 aliphatic rings. The first kappa shape index (κ1) is 11.3. The second-order valence-electron chi connectivity index (χ2n) is 3.22. The number of halogens is 2. The monoisotopic (exact) mass is 254 g/mol. The lowest BCUT2D eigenvalue weighted by Crippen LogP contribution is -2.01. The molecule has 3 nitrogen and oxygen atoms in total. The number of benzene rings is 1. The van der Waals surface area contributed by atoms with Crippen LogP contribution in [-0.4, -0.2) is 15.1 Å². The van der Waals surface area contributed by atoms with Crippen molar-refractivity contribution in [3.8, 4) is 0 Å². The SMILES string of the molecule is OC(c1cncnc1)c1cccc(Cl)c1Cl. The molecule has 0 radical (unpaired) electrons. The Kier molecular flexibility index (Phi) is 3.39. The molecular formula is C11H8Cl2N2O. The van der Waals surface area contributed by atoms with Crippen molar-refractivity contribution in [3.05, 3.63) is 58.1 Å². The van der Waals surface area contributed by atoms with Crippen LogP contribution >= 0.6 is 23.2 Å². The van der Waals surface area contributed by atoms with Crippen molar-refractivity contribution in [2.75, 3.05) is 0 Å². The van der Waals surface area contributed by atoms with Crippen molar-refractivity contribution >= 4 is 23.2 Å². The Labute approximate surface area is 103 Å². The number of rotatable bonds is 2. The van der Waals surface area contributed by atoms with Crippen LogP contribution in [-0.2, 0) is 0 Å². The Balaban J connectivity index is 2.42. The van der Waals surface area contributed by atoms with Gasteiger partial charge in [-0.15, -0.1) is 0 Å². The summed E-state index contributed by atoms with van der Waals surface area (Å²) in [4.78, 5) is 7.67. The quantitative estimate of drug-likeness (QED) is 0.897. The molecule has 1 N–H and O–H groups in total. The molecule has 0 aliphatic heterocycles. The first-order chi connectivity index (χ1) is 7.70. The van der Waals surface area contributed by atoms with Gasteiger partial charge < -0.3 is 5.11 Å². The number of hydrogen-bond donors (Lipinski definition) is 1. The zero-order valence-electron chi connectivity index (χ0n) is 8.14. The van der Waals surface area contributed by atoms with Crippen molar-refractivity contribution in [2.45, 2.75) is 6.10 Å². The molecule has 16 heavy (non-hydrogen) atoms. The second kappa shape index (κ2) is 4.78. The van der Waals surface area contributed by atoms with Crippen molar-refractivity contribution in [1.82, 2.24) is 9.97 Å². The fraction of sp³-hybridized carbons (Fsp3) is 0.0909.